The highest BCUT2D eigenvalue weighted by Crippen LogP contribution is 2.14. The molecule has 4 nitrogen and oxygen atoms in total. The van der Waals surface area contributed by atoms with Gasteiger partial charge in [-0.3, -0.25) is 9.69 Å². The number of ether oxygens (including phenoxy) is 1. The van der Waals surface area contributed by atoms with E-state index in [9.17, 15) is 4.79 Å². The lowest BCUT2D eigenvalue weighted by Gasteiger charge is -2.20. The molecular formula is C8H15N2O2. The first-order valence-electron chi connectivity index (χ1n) is 4.11. The molecule has 0 aromatic rings. The zero-order valence-corrected chi connectivity index (χ0v) is 7.32. The van der Waals surface area contributed by atoms with Crippen LogP contribution in [0.15, 0.2) is 0 Å². The molecule has 1 amide bonds. The molecule has 1 saturated heterocycles. The van der Waals surface area contributed by atoms with Crippen molar-refractivity contribution in [3.8, 4) is 0 Å². The number of likely N-dealkylation sites (tertiary alicyclic amines) is 1. The van der Waals surface area contributed by atoms with E-state index in [1.807, 2.05) is 11.3 Å². The summed E-state index contributed by atoms with van der Waals surface area (Å²) >= 11 is 0. The first-order valence-corrected chi connectivity index (χ1v) is 4.11. The van der Waals surface area contributed by atoms with Gasteiger partial charge in [-0.15, -0.1) is 0 Å². The maximum atomic E-state index is 10.9. The van der Waals surface area contributed by atoms with Crippen LogP contribution in [0.4, 0.5) is 0 Å². The molecule has 2 N–H and O–H groups in total. The number of nitrogens with zero attached hydrogens (tertiary/aromatic N) is 1. The molecule has 1 atom stereocenters. The summed E-state index contributed by atoms with van der Waals surface area (Å²) in [6.45, 7) is 2.34. The molecule has 1 heterocycles. The van der Waals surface area contributed by atoms with Crippen LogP contribution in [0.1, 0.15) is 6.42 Å². The first-order chi connectivity index (χ1) is 5.75. The van der Waals surface area contributed by atoms with Gasteiger partial charge in [-0.05, 0) is 19.4 Å². The van der Waals surface area contributed by atoms with E-state index in [2.05, 4.69) is 0 Å². The normalized spacial score (nSPS) is 24.6. The summed E-state index contributed by atoms with van der Waals surface area (Å²) in [5.74, 6) is -0.261. The highest BCUT2D eigenvalue weighted by atomic mass is 16.5. The number of hydrogen-bond donors (Lipinski definition) is 1. The predicted octanol–water partition coefficient (Wildman–Crippen LogP) is -0.603. The molecule has 0 bridgehead atoms. The topological polar surface area (TPSA) is 55.6 Å². The largest absolute Gasteiger partial charge is 0.383 e. The van der Waals surface area contributed by atoms with E-state index in [0.717, 1.165) is 19.5 Å². The fourth-order valence-corrected chi connectivity index (χ4v) is 1.44. The third-order valence-corrected chi connectivity index (χ3v) is 2.07. The second kappa shape index (κ2) is 4.42. The molecule has 12 heavy (non-hydrogen) atoms. The minimum Gasteiger partial charge on any atom is -0.383 e. The first kappa shape index (κ1) is 9.48. The van der Waals surface area contributed by atoms with Crippen LogP contribution in [-0.2, 0) is 9.53 Å². The Morgan fingerprint density at radius 2 is 2.58 bits per heavy atom. The third-order valence-electron chi connectivity index (χ3n) is 2.07. The summed E-state index contributed by atoms with van der Waals surface area (Å²) in [6, 6.07) is -0.180. The monoisotopic (exact) mass is 171 g/mol. The van der Waals surface area contributed by atoms with Gasteiger partial charge in [-0.2, -0.15) is 0 Å². The molecule has 1 rings (SSSR count). The van der Waals surface area contributed by atoms with Crippen LogP contribution in [0.5, 0.6) is 0 Å². The number of carbonyl (C=O) groups is 1. The summed E-state index contributed by atoms with van der Waals surface area (Å²) in [5.41, 5.74) is 5.21. The number of rotatable bonds is 4. The average Bonchev–Trinajstić information content (AvgIpc) is 2.48. The Labute approximate surface area is 72.7 Å². The zero-order valence-electron chi connectivity index (χ0n) is 7.32. The summed E-state index contributed by atoms with van der Waals surface area (Å²) < 4.78 is 4.92. The smallest absolute Gasteiger partial charge is 0.235 e. The number of primary amides is 1. The van der Waals surface area contributed by atoms with Crippen molar-refractivity contribution in [1.82, 2.24) is 4.90 Å². The van der Waals surface area contributed by atoms with Gasteiger partial charge in [0, 0.05) is 13.7 Å². The molecule has 0 spiro atoms. The molecule has 0 aliphatic carbocycles. The predicted molar refractivity (Wildman–Crippen MR) is 45.3 cm³/mol. The molecule has 0 aromatic heterocycles. The van der Waals surface area contributed by atoms with Gasteiger partial charge < -0.3 is 10.5 Å². The molecular weight excluding hydrogens is 156 g/mol. The second-order valence-electron chi connectivity index (χ2n) is 2.90. The lowest BCUT2D eigenvalue weighted by atomic mass is 10.2. The minimum absolute atomic E-state index is 0.180. The van der Waals surface area contributed by atoms with Crippen molar-refractivity contribution in [2.75, 3.05) is 26.8 Å². The Morgan fingerprint density at radius 1 is 1.83 bits per heavy atom. The third kappa shape index (κ3) is 2.19. The van der Waals surface area contributed by atoms with Crippen molar-refractivity contribution >= 4 is 5.91 Å². The maximum Gasteiger partial charge on any atom is 0.235 e. The fraction of sp³-hybridized carbons (Fsp3) is 0.750. The van der Waals surface area contributed by atoms with Gasteiger partial charge in [-0.1, -0.05) is 0 Å². The van der Waals surface area contributed by atoms with Crippen LogP contribution in [0.25, 0.3) is 0 Å². The van der Waals surface area contributed by atoms with E-state index < -0.39 is 0 Å². The van der Waals surface area contributed by atoms with E-state index in [4.69, 9.17) is 10.5 Å². The SMILES string of the molecule is COCCN1CC[CH][C@@H]1C(N)=O. The average molecular weight is 171 g/mol. The number of amides is 1. The van der Waals surface area contributed by atoms with Crippen LogP contribution in [0.2, 0.25) is 0 Å². The Kier molecular flexibility index (Phi) is 3.49. The fourth-order valence-electron chi connectivity index (χ4n) is 1.44. The number of nitrogens with two attached hydrogens (primary N) is 1. The van der Waals surface area contributed by atoms with Crippen molar-refractivity contribution in [3.63, 3.8) is 0 Å². The highest BCUT2D eigenvalue weighted by Gasteiger charge is 2.28. The summed E-state index contributed by atoms with van der Waals surface area (Å²) in [7, 11) is 1.65. The van der Waals surface area contributed by atoms with Gasteiger partial charge >= 0.3 is 0 Å². The van der Waals surface area contributed by atoms with E-state index >= 15 is 0 Å². The molecule has 69 valence electrons. The number of hydrogen-bond acceptors (Lipinski definition) is 3. The number of carbonyl (C=O) groups excluding carboxylic acids is 1. The Morgan fingerprint density at radius 3 is 3.17 bits per heavy atom. The second-order valence-corrected chi connectivity index (χ2v) is 2.90. The Bertz CT molecular complexity index is 161. The lowest BCUT2D eigenvalue weighted by molar-refractivity contribution is -0.121. The van der Waals surface area contributed by atoms with Gasteiger partial charge in [0.25, 0.3) is 0 Å². The van der Waals surface area contributed by atoms with E-state index in [1.165, 1.54) is 0 Å². The molecule has 0 saturated carbocycles. The van der Waals surface area contributed by atoms with Crippen molar-refractivity contribution in [3.05, 3.63) is 6.42 Å². The van der Waals surface area contributed by atoms with Gasteiger partial charge in [-0.25, -0.2) is 0 Å². The van der Waals surface area contributed by atoms with E-state index in [-0.39, 0.29) is 11.9 Å². The van der Waals surface area contributed by atoms with Crippen molar-refractivity contribution < 1.29 is 9.53 Å². The van der Waals surface area contributed by atoms with Crippen LogP contribution >= 0.6 is 0 Å². The quantitative estimate of drug-likeness (QED) is 0.614. The molecule has 1 aliphatic rings. The number of methoxy groups -OCH3 is 1. The van der Waals surface area contributed by atoms with Gasteiger partial charge in [0.05, 0.1) is 12.6 Å². The summed E-state index contributed by atoms with van der Waals surface area (Å²) in [5, 5.41) is 0. The Balaban J connectivity index is 2.35. The van der Waals surface area contributed by atoms with Gasteiger partial charge in [0.15, 0.2) is 0 Å². The van der Waals surface area contributed by atoms with E-state index in [1.54, 1.807) is 7.11 Å². The highest BCUT2D eigenvalue weighted by molar-refractivity contribution is 5.81. The molecule has 1 fully saturated rings. The Hall–Kier alpha value is -0.610. The van der Waals surface area contributed by atoms with Crippen LogP contribution in [0.3, 0.4) is 0 Å². The molecule has 1 aliphatic heterocycles. The van der Waals surface area contributed by atoms with Crippen molar-refractivity contribution in [1.29, 1.82) is 0 Å². The summed E-state index contributed by atoms with van der Waals surface area (Å²) in [6.07, 6.45) is 2.90. The van der Waals surface area contributed by atoms with Crippen molar-refractivity contribution in [2.45, 2.75) is 12.5 Å². The summed E-state index contributed by atoms with van der Waals surface area (Å²) in [4.78, 5) is 12.9. The van der Waals surface area contributed by atoms with Gasteiger partial charge in [0.1, 0.15) is 0 Å². The van der Waals surface area contributed by atoms with Crippen LogP contribution in [0, 0.1) is 6.42 Å². The molecule has 4 heteroatoms. The zero-order chi connectivity index (χ0) is 8.97. The van der Waals surface area contributed by atoms with Crippen LogP contribution in [-0.4, -0.2) is 43.7 Å². The van der Waals surface area contributed by atoms with E-state index in [0.29, 0.717) is 6.61 Å². The van der Waals surface area contributed by atoms with Gasteiger partial charge in [0.2, 0.25) is 5.91 Å². The molecule has 0 aromatic carbocycles. The standard InChI is InChI=1S/C8H15N2O2/c1-12-6-5-10-4-2-3-7(10)8(9)11/h3,7H,2,4-6H2,1H3,(H2,9,11)/t7-/m1/s1. The lowest BCUT2D eigenvalue weighted by Crippen LogP contribution is -2.41. The minimum atomic E-state index is -0.261. The van der Waals surface area contributed by atoms with Crippen LogP contribution < -0.4 is 5.73 Å². The van der Waals surface area contributed by atoms with Crippen molar-refractivity contribution in [2.24, 2.45) is 5.73 Å². The molecule has 1 radical (unpaired) electrons. The maximum absolute atomic E-state index is 10.9. The molecule has 0 unspecified atom stereocenters.